The Morgan fingerprint density at radius 2 is 2.11 bits per heavy atom. The normalized spacial score (nSPS) is 25.2. The van der Waals surface area contributed by atoms with E-state index in [2.05, 4.69) is 23.3 Å². The van der Waals surface area contributed by atoms with E-state index in [-0.39, 0.29) is 0 Å². The molecule has 0 aliphatic heterocycles. The van der Waals surface area contributed by atoms with E-state index in [1.165, 1.54) is 44.1 Å². The van der Waals surface area contributed by atoms with Crippen LogP contribution in [0.4, 0.5) is 5.82 Å². The first-order valence-corrected chi connectivity index (χ1v) is 7.63. The van der Waals surface area contributed by atoms with E-state index in [1.807, 2.05) is 13.1 Å². The highest BCUT2D eigenvalue weighted by Gasteiger charge is 2.28. The summed E-state index contributed by atoms with van der Waals surface area (Å²) in [5.74, 6) is 2.33. The molecule has 2 rings (SSSR count). The van der Waals surface area contributed by atoms with Crippen molar-refractivity contribution < 1.29 is 0 Å². The lowest BCUT2D eigenvalue weighted by atomic mass is 9.75. The maximum absolute atomic E-state index is 6.03. The Hall–Kier alpha value is -1.09. The van der Waals surface area contributed by atoms with Crippen LogP contribution in [0.2, 0.25) is 0 Å². The highest BCUT2D eigenvalue weighted by Crippen LogP contribution is 2.39. The molecule has 0 radical (unpaired) electrons. The SMILES string of the molecule is CCCC1CCC(C(NC)c2cccnc2N)CC1. The third-order valence-corrected chi connectivity index (χ3v) is 4.58. The maximum atomic E-state index is 6.03. The fraction of sp³-hybridized carbons (Fsp3) is 0.688. The van der Waals surface area contributed by atoms with Crippen molar-refractivity contribution in [3.05, 3.63) is 23.9 Å². The van der Waals surface area contributed by atoms with Crippen molar-refractivity contribution >= 4 is 5.82 Å². The van der Waals surface area contributed by atoms with Crippen LogP contribution in [-0.4, -0.2) is 12.0 Å². The van der Waals surface area contributed by atoms with Crippen LogP contribution < -0.4 is 11.1 Å². The van der Waals surface area contributed by atoms with Gasteiger partial charge in [0.15, 0.2) is 0 Å². The first-order chi connectivity index (χ1) is 9.26. The van der Waals surface area contributed by atoms with Gasteiger partial charge in [0.1, 0.15) is 5.82 Å². The quantitative estimate of drug-likeness (QED) is 0.852. The number of hydrogen-bond acceptors (Lipinski definition) is 3. The van der Waals surface area contributed by atoms with Crippen LogP contribution in [-0.2, 0) is 0 Å². The summed E-state index contributed by atoms with van der Waals surface area (Å²) in [6, 6.07) is 4.46. The molecule has 0 aromatic carbocycles. The van der Waals surface area contributed by atoms with Gasteiger partial charge in [-0.2, -0.15) is 0 Å². The standard InChI is InChI=1S/C16H27N3/c1-3-5-12-7-9-13(10-8-12)15(18-2)14-6-4-11-19-16(14)17/h4,6,11-13,15,18H,3,5,7-10H2,1-2H3,(H2,17,19). The minimum Gasteiger partial charge on any atom is -0.383 e. The van der Waals surface area contributed by atoms with Gasteiger partial charge in [-0.25, -0.2) is 4.98 Å². The van der Waals surface area contributed by atoms with Gasteiger partial charge in [0.2, 0.25) is 0 Å². The first kappa shape index (κ1) is 14.3. The Balaban J connectivity index is 2.02. The van der Waals surface area contributed by atoms with Gasteiger partial charge in [-0.05, 0) is 37.8 Å². The van der Waals surface area contributed by atoms with Crippen molar-refractivity contribution in [3.63, 3.8) is 0 Å². The predicted molar refractivity (Wildman–Crippen MR) is 80.8 cm³/mol. The van der Waals surface area contributed by atoms with Gasteiger partial charge < -0.3 is 11.1 Å². The summed E-state index contributed by atoms with van der Waals surface area (Å²) in [4.78, 5) is 4.22. The number of hydrogen-bond donors (Lipinski definition) is 2. The van der Waals surface area contributed by atoms with Crippen LogP contribution in [0.3, 0.4) is 0 Å². The van der Waals surface area contributed by atoms with Crippen molar-refractivity contribution in [1.82, 2.24) is 10.3 Å². The summed E-state index contributed by atoms with van der Waals surface area (Å²) in [7, 11) is 2.04. The van der Waals surface area contributed by atoms with Crippen LogP contribution in [0, 0.1) is 11.8 Å². The Labute approximate surface area is 117 Å². The molecular formula is C16H27N3. The summed E-state index contributed by atoms with van der Waals surface area (Å²) >= 11 is 0. The first-order valence-electron chi connectivity index (χ1n) is 7.63. The number of anilines is 1. The Morgan fingerprint density at radius 3 is 2.68 bits per heavy atom. The summed E-state index contributed by atoms with van der Waals surface area (Å²) in [6.45, 7) is 2.29. The van der Waals surface area contributed by atoms with Crippen LogP contribution >= 0.6 is 0 Å². The summed E-state index contributed by atoms with van der Waals surface area (Å²) in [5.41, 5.74) is 7.20. The molecule has 0 amide bonds. The Kier molecular flexibility index (Phi) is 5.20. The molecule has 1 aromatic heterocycles. The zero-order chi connectivity index (χ0) is 13.7. The van der Waals surface area contributed by atoms with Crippen molar-refractivity contribution in [2.75, 3.05) is 12.8 Å². The number of pyridine rings is 1. The monoisotopic (exact) mass is 261 g/mol. The highest BCUT2D eigenvalue weighted by molar-refractivity contribution is 5.41. The maximum Gasteiger partial charge on any atom is 0.128 e. The van der Waals surface area contributed by atoms with Gasteiger partial charge in [0, 0.05) is 17.8 Å². The van der Waals surface area contributed by atoms with Crippen molar-refractivity contribution in [2.45, 2.75) is 51.5 Å². The lowest BCUT2D eigenvalue weighted by Crippen LogP contribution is -2.29. The molecule has 1 saturated carbocycles. The third kappa shape index (κ3) is 3.47. The minimum absolute atomic E-state index is 0.358. The number of aromatic nitrogens is 1. The van der Waals surface area contributed by atoms with Gasteiger partial charge in [0.05, 0.1) is 0 Å². The molecule has 0 spiro atoms. The zero-order valence-corrected chi connectivity index (χ0v) is 12.2. The second kappa shape index (κ2) is 6.90. The number of nitrogens with zero attached hydrogens (tertiary/aromatic N) is 1. The van der Waals surface area contributed by atoms with Crippen molar-refractivity contribution in [1.29, 1.82) is 0 Å². The number of nitrogen functional groups attached to an aromatic ring is 1. The average Bonchev–Trinajstić information content (AvgIpc) is 2.44. The molecule has 1 aromatic rings. The molecule has 1 heterocycles. The van der Waals surface area contributed by atoms with Crippen molar-refractivity contribution in [3.8, 4) is 0 Å². The van der Waals surface area contributed by atoms with Crippen LogP contribution in [0.25, 0.3) is 0 Å². The number of nitrogens with one attached hydrogen (secondary N) is 1. The fourth-order valence-electron chi connectivity index (χ4n) is 3.56. The highest BCUT2D eigenvalue weighted by atomic mass is 14.9. The van der Waals surface area contributed by atoms with E-state index in [1.54, 1.807) is 6.20 Å². The third-order valence-electron chi connectivity index (χ3n) is 4.58. The minimum atomic E-state index is 0.358. The van der Waals surface area contributed by atoms with E-state index in [4.69, 9.17) is 5.73 Å². The second-order valence-electron chi connectivity index (χ2n) is 5.81. The predicted octanol–water partition coefficient (Wildman–Crippen LogP) is 3.53. The molecular weight excluding hydrogens is 234 g/mol. The van der Waals surface area contributed by atoms with E-state index < -0.39 is 0 Å². The second-order valence-corrected chi connectivity index (χ2v) is 5.81. The van der Waals surface area contributed by atoms with Gasteiger partial charge in [-0.15, -0.1) is 0 Å². The summed E-state index contributed by atoms with van der Waals surface area (Å²) in [6.07, 6.45) is 9.85. The van der Waals surface area contributed by atoms with Crippen molar-refractivity contribution in [2.24, 2.45) is 11.8 Å². The molecule has 1 atom stereocenters. The smallest absolute Gasteiger partial charge is 0.128 e. The topological polar surface area (TPSA) is 50.9 Å². The largest absolute Gasteiger partial charge is 0.383 e. The van der Waals surface area contributed by atoms with Gasteiger partial charge in [-0.1, -0.05) is 38.7 Å². The molecule has 3 heteroatoms. The van der Waals surface area contributed by atoms with E-state index in [9.17, 15) is 0 Å². The van der Waals surface area contributed by atoms with Gasteiger partial charge in [-0.3, -0.25) is 0 Å². The van der Waals surface area contributed by atoms with E-state index in [0.717, 1.165) is 5.92 Å². The van der Waals surface area contributed by atoms with Crippen LogP contribution in [0.1, 0.15) is 57.1 Å². The fourth-order valence-corrected chi connectivity index (χ4v) is 3.56. The van der Waals surface area contributed by atoms with Gasteiger partial charge >= 0.3 is 0 Å². The molecule has 0 saturated heterocycles. The van der Waals surface area contributed by atoms with Crippen LogP contribution in [0.5, 0.6) is 0 Å². The number of nitrogens with two attached hydrogens (primary N) is 1. The average molecular weight is 261 g/mol. The summed E-state index contributed by atoms with van der Waals surface area (Å²) in [5, 5.41) is 3.46. The summed E-state index contributed by atoms with van der Waals surface area (Å²) < 4.78 is 0. The molecule has 1 fully saturated rings. The lowest BCUT2D eigenvalue weighted by molar-refractivity contribution is 0.220. The number of rotatable bonds is 5. The molecule has 3 nitrogen and oxygen atoms in total. The molecule has 3 N–H and O–H groups in total. The molecule has 1 aliphatic carbocycles. The Morgan fingerprint density at radius 1 is 1.37 bits per heavy atom. The Bertz CT molecular complexity index is 383. The molecule has 19 heavy (non-hydrogen) atoms. The molecule has 0 bridgehead atoms. The van der Waals surface area contributed by atoms with Gasteiger partial charge in [0.25, 0.3) is 0 Å². The molecule has 1 aliphatic rings. The van der Waals surface area contributed by atoms with E-state index >= 15 is 0 Å². The zero-order valence-electron chi connectivity index (χ0n) is 12.2. The molecule has 1 unspecified atom stereocenters. The van der Waals surface area contributed by atoms with E-state index in [0.29, 0.717) is 17.8 Å². The van der Waals surface area contributed by atoms with Crippen LogP contribution in [0.15, 0.2) is 18.3 Å². The molecule has 106 valence electrons. The lowest BCUT2D eigenvalue weighted by Gasteiger charge is -2.34.